The van der Waals surface area contributed by atoms with E-state index in [-0.39, 0.29) is 16.6 Å². The zero-order valence-electron chi connectivity index (χ0n) is 18.0. The quantitative estimate of drug-likeness (QED) is 0.486. The van der Waals surface area contributed by atoms with Gasteiger partial charge >= 0.3 is 0 Å². The lowest BCUT2D eigenvalue weighted by molar-refractivity contribution is -0.115. The summed E-state index contributed by atoms with van der Waals surface area (Å²) in [5.74, 6) is -0.189. The number of hydrogen-bond donors (Lipinski definition) is 2. The average Bonchev–Trinajstić information content (AvgIpc) is 3.28. The highest BCUT2D eigenvalue weighted by molar-refractivity contribution is 8.00. The van der Waals surface area contributed by atoms with Gasteiger partial charge in [-0.3, -0.25) is 4.79 Å². The summed E-state index contributed by atoms with van der Waals surface area (Å²) in [6.45, 7) is 2.74. The normalized spacial score (nSPS) is 15.8. The minimum atomic E-state index is -3.59. The van der Waals surface area contributed by atoms with E-state index < -0.39 is 15.3 Å². The summed E-state index contributed by atoms with van der Waals surface area (Å²) in [7, 11) is -3.59. The van der Waals surface area contributed by atoms with Crippen LogP contribution in [0.4, 0.5) is 5.69 Å². The van der Waals surface area contributed by atoms with Gasteiger partial charge < -0.3 is 10.4 Å². The van der Waals surface area contributed by atoms with Crippen molar-refractivity contribution in [3.8, 4) is 11.4 Å². The van der Waals surface area contributed by atoms with Crippen LogP contribution in [0.1, 0.15) is 26.2 Å². The fourth-order valence-electron chi connectivity index (χ4n) is 3.45. The Balaban J connectivity index is 1.44. The van der Waals surface area contributed by atoms with Gasteiger partial charge in [-0.1, -0.05) is 24.2 Å². The third kappa shape index (κ3) is 5.34. The summed E-state index contributed by atoms with van der Waals surface area (Å²) >= 11 is 1.16. The van der Waals surface area contributed by atoms with E-state index in [2.05, 4.69) is 20.8 Å². The van der Waals surface area contributed by atoms with Crippen LogP contribution < -0.4 is 5.32 Å². The number of aromatic nitrogens is 4. The number of amides is 1. The van der Waals surface area contributed by atoms with Crippen LogP contribution in [0.5, 0.6) is 5.75 Å². The van der Waals surface area contributed by atoms with Crippen LogP contribution in [0.3, 0.4) is 0 Å². The molecule has 1 aliphatic heterocycles. The number of carbonyl (C=O) groups excluding carboxylic acids is 1. The molecule has 1 amide bonds. The second-order valence-electron chi connectivity index (χ2n) is 7.63. The first-order valence-electron chi connectivity index (χ1n) is 10.5. The Hall–Kier alpha value is -2.96. The molecule has 4 rings (SSSR count). The van der Waals surface area contributed by atoms with Crippen LogP contribution in [0.25, 0.3) is 5.69 Å². The number of piperidine rings is 1. The first kappa shape index (κ1) is 23.2. The molecule has 1 unspecified atom stereocenters. The number of carbonyl (C=O) groups is 1. The van der Waals surface area contributed by atoms with Crippen LogP contribution in [0, 0.1) is 0 Å². The van der Waals surface area contributed by atoms with Gasteiger partial charge in [-0.25, -0.2) is 8.42 Å². The number of thioether (sulfide) groups is 1. The molecule has 2 aromatic carbocycles. The molecule has 12 heteroatoms. The van der Waals surface area contributed by atoms with Crippen LogP contribution in [0.2, 0.25) is 0 Å². The van der Waals surface area contributed by atoms with Gasteiger partial charge in [0.1, 0.15) is 5.75 Å². The number of rotatable bonds is 7. The van der Waals surface area contributed by atoms with E-state index in [1.54, 1.807) is 37.3 Å². The monoisotopic (exact) mass is 488 g/mol. The number of nitrogens with one attached hydrogen (secondary N) is 1. The molecule has 10 nitrogen and oxygen atoms in total. The van der Waals surface area contributed by atoms with Gasteiger partial charge in [-0.05, 0) is 72.7 Å². The lowest BCUT2D eigenvalue weighted by Gasteiger charge is -2.26. The highest BCUT2D eigenvalue weighted by atomic mass is 32.2. The molecular weight excluding hydrogens is 464 g/mol. The molecule has 33 heavy (non-hydrogen) atoms. The number of sulfonamides is 1. The number of phenols is 1. The van der Waals surface area contributed by atoms with Gasteiger partial charge in [0.2, 0.25) is 21.1 Å². The van der Waals surface area contributed by atoms with Crippen molar-refractivity contribution in [2.45, 2.75) is 41.5 Å². The number of nitrogens with zero attached hydrogens (tertiary/aromatic N) is 5. The third-order valence-electron chi connectivity index (χ3n) is 5.24. The molecule has 1 atom stereocenters. The summed E-state index contributed by atoms with van der Waals surface area (Å²) in [5.41, 5.74) is 1.05. The van der Waals surface area contributed by atoms with Crippen molar-refractivity contribution in [3.05, 3.63) is 48.5 Å². The summed E-state index contributed by atoms with van der Waals surface area (Å²) in [4.78, 5) is 13.0. The minimum Gasteiger partial charge on any atom is -0.508 e. The molecule has 0 radical (unpaired) electrons. The summed E-state index contributed by atoms with van der Waals surface area (Å²) in [6, 6.07) is 12.7. The van der Waals surface area contributed by atoms with Crippen molar-refractivity contribution >= 4 is 33.4 Å². The largest absolute Gasteiger partial charge is 0.508 e. The number of hydrogen-bond acceptors (Lipinski definition) is 8. The van der Waals surface area contributed by atoms with Crippen molar-refractivity contribution in [2.75, 3.05) is 18.4 Å². The van der Waals surface area contributed by atoms with Crippen LogP contribution >= 0.6 is 11.8 Å². The van der Waals surface area contributed by atoms with E-state index in [0.717, 1.165) is 31.0 Å². The summed E-state index contributed by atoms with van der Waals surface area (Å²) in [6.07, 6.45) is 2.75. The molecule has 3 aromatic rings. The fraction of sp³-hybridized carbons (Fsp3) is 0.333. The summed E-state index contributed by atoms with van der Waals surface area (Å²) in [5, 5.41) is 23.7. The Bertz CT molecular complexity index is 1220. The summed E-state index contributed by atoms with van der Waals surface area (Å²) < 4.78 is 28.8. The SMILES string of the molecule is CC(Sc1nnnn1-c1ccc(O)cc1)C(=O)Nc1cccc(S(=O)(=O)N2CCCCC2)c1. The number of tetrazole rings is 1. The van der Waals surface area contributed by atoms with E-state index in [4.69, 9.17) is 0 Å². The molecule has 1 saturated heterocycles. The third-order valence-corrected chi connectivity index (χ3v) is 8.17. The Morgan fingerprint density at radius 1 is 1.12 bits per heavy atom. The van der Waals surface area contributed by atoms with Gasteiger partial charge in [0.15, 0.2) is 0 Å². The van der Waals surface area contributed by atoms with Crippen LogP contribution in [-0.4, -0.2) is 62.3 Å². The van der Waals surface area contributed by atoms with E-state index in [1.807, 2.05) is 0 Å². The van der Waals surface area contributed by atoms with E-state index in [0.29, 0.717) is 29.6 Å². The molecule has 1 aliphatic rings. The topological polar surface area (TPSA) is 130 Å². The lowest BCUT2D eigenvalue weighted by Crippen LogP contribution is -2.35. The lowest BCUT2D eigenvalue weighted by atomic mass is 10.2. The van der Waals surface area contributed by atoms with E-state index in [9.17, 15) is 18.3 Å². The maximum absolute atomic E-state index is 12.9. The minimum absolute atomic E-state index is 0.123. The highest BCUT2D eigenvalue weighted by Crippen LogP contribution is 2.26. The number of anilines is 1. The zero-order chi connectivity index (χ0) is 23.4. The molecule has 2 N–H and O–H groups in total. The van der Waals surface area contributed by atoms with Gasteiger partial charge in [-0.15, -0.1) is 5.10 Å². The van der Waals surface area contributed by atoms with Gasteiger partial charge in [0, 0.05) is 18.8 Å². The van der Waals surface area contributed by atoms with Gasteiger partial charge in [0.05, 0.1) is 15.8 Å². The van der Waals surface area contributed by atoms with Crippen LogP contribution in [-0.2, 0) is 14.8 Å². The Morgan fingerprint density at radius 3 is 2.58 bits per heavy atom. The van der Waals surface area contributed by atoms with E-state index in [1.165, 1.54) is 27.2 Å². The number of aromatic hydroxyl groups is 1. The highest BCUT2D eigenvalue weighted by Gasteiger charge is 2.26. The first-order chi connectivity index (χ1) is 15.8. The first-order valence-corrected chi connectivity index (χ1v) is 12.8. The maximum atomic E-state index is 12.9. The van der Waals surface area contributed by atoms with Gasteiger partial charge in [0.25, 0.3) is 0 Å². The van der Waals surface area contributed by atoms with Crippen molar-refractivity contribution in [1.82, 2.24) is 24.5 Å². The molecule has 1 fully saturated rings. The van der Waals surface area contributed by atoms with Crippen molar-refractivity contribution in [2.24, 2.45) is 0 Å². The molecule has 0 spiro atoms. The second kappa shape index (κ2) is 9.89. The molecular formula is C21H24N6O4S2. The van der Waals surface area contributed by atoms with Crippen molar-refractivity contribution < 1.29 is 18.3 Å². The number of phenolic OH excluding ortho intramolecular Hbond substituents is 1. The molecule has 2 heterocycles. The Labute approximate surface area is 196 Å². The Morgan fingerprint density at radius 2 is 1.85 bits per heavy atom. The predicted octanol–water partition coefficient (Wildman–Crippen LogP) is 2.66. The Kier molecular flexibility index (Phi) is 6.96. The standard InChI is InChI=1S/C21H24N6O4S2/c1-15(32-21-23-24-25-27(21)17-8-10-18(28)11-9-17)20(29)22-16-6-5-7-19(14-16)33(30,31)26-12-3-2-4-13-26/h5-11,14-15,28H,2-4,12-13H2,1H3,(H,22,29). The van der Waals surface area contributed by atoms with E-state index >= 15 is 0 Å². The molecule has 0 bridgehead atoms. The molecule has 0 saturated carbocycles. The second-order valence-corrected chi connectivity index (χ2v) is 10.9. The molecule has 0 aliphatic carbocycles. The zero-order valence-corrected chi connectivity index (χ0v) is 19.6. The molecule has 174 valence electrons. The number of benzene rings is 2. The van der Waals surface area contributed by atoms with Crippen molar-refractivity contribution in [1.29, 1.82) is 0 Å². The average molecular weight is 489 g/mol. The van der Waals surface area contributed by atoms with Crippen LogP contribution in [0.15, 0.2) is 58.6 Å². The van der Waals surface area contributed by atoms with Gasteiger partial charge in [-0.2, -0.15) is 8.99 Å². The maximum Gasteiger partial charge on any atom is 0.243 e. The predicted molar refractivity (Wildman–Crippen MR) is 124 cm³/mol. The van der Waals surface area contributed by atoms with Crippen molar-refractivity contribution in [3.63, 3.8) is 0 Å². The smallest absolute Gasteiger partial charge is 0.243 e. The fourth-order valence-corrected chi connectivity index (χ4v) is 5.82. The molecule has 1 aromatic heterocycles.